The van der Waals surface area contributed by atoms with Crippen molar-refractivity contribution in [3.63, 3.8) is 0 Å². The first-order valence-corrected chi connectivity index (χ1v) is 5.24. The van der Waals surface area contributed by atoms with Crippen molar-refractivity contribution in [1.82, 2.24) is 4.98 Å². The second-order valence-electron chi connectivity index (χ2n) is 3.46. The predicted octanol–water partition coefficient (Wildman–Crippen LogP) is 3.04. The Morgan fingerprint density at radius 2 is 2.07 bits per heavy atom. The van der Waals surface area contributed by atoms with Crippen LogP contribution in [0, 0.1) is 0 Å². The summed E-state index contributed by atoms with van der Waals surface area (Å²) in [5, 5.41) is 0. The zero-order valence-corrected chi connectivity index (χ0v) is 10.1. The summed E-state index contributed by atoms with van der Waals surface area (Å²) in [5.74, 6) is 0. The molecule has 0 saturated carbocycles. The van der Waals surface area contributed by atoms with Crippen LogP contribution in [-0.4, -0.2) is 4.98 Å². The number of pyridine rings is 1. The lowest BCUT2D eigenvalue weighted by Crippen LogP contribution is -1.99. The van der Waals surface area contributed by atoms with Gasteiger partial charge in [-0.1, -0.05) is 33.0 Å². The first-order chi connectivity index (χ1) is 6.63. The zero-order chi connectivity index (χ0) is 10.6. The number of aromatic nitrogens is 1. The predicted molar refractivity (Wildman–Crippen MR) is 67.6 cm³/mol. The Hall–Kier alpha value is -0.940. The molecule has 0 spiro atoms. The molecule has 1 atom stereocenters. The van der Waals surface area contributed by atoms with E-state index in [1.165, 1.54) is 16.7 Å². The van der Waals surface area contributed by atoms with Gasteiger partial charge in [0.2, 0.25) is 0 Å². The lowest BCUT2D eigenvalue weighted by atomic mass is 10.1. The zero-order valence-electron chi connectivity index (χ0n) is 8.91. The molecule has 2 heteroatoms. The highest BCUT2D eigenvalue weighted by molar-refractivity contribution is 7.26. The molecular weight excluding hydrogens is 189 g/mol. The van der Waals surface area contributed by atoms with Gasteiger partial charge < -0.3 is 0 Å². The maximum absolute atomic E-state index is 4.26. The van der Waals surface area contributed by atoms with Gasteiger partial charge in [0.05, 0.1) is 5.44 Å². The number of hydrogen-bond acceptors (Lipinski definition) is 1. The standard InChI is InChI=1S/C12H16NP/c1-4-5-10-7-12(14)13-8-11(10)6-9(2)3/h4-8H,14H2,1-3H3/b5-4-. The quantitative estimate of drug-likeness (QED) is 0.676. The van der Waals surface area contributed by atoms with Gasteiger partial charge in [-0.25, -0.2) is 0 Å². The number of allylic oxidation sites excluding steroid dienone is 2. The fourth-order valence-electron chi connectivity index (χ4n) is 1.25. The summed E-state index contributed by atoms with van der Waals surface area (Å²) in [4.78, 5) is 4.26. The third-order valence-electron chi connectivity index (χ3n) is 1.78. The van der Waals surface area contributed by atoms with E-state index in [1.807, 2.05) is 19.2 Å². The molecule has 1 rings (SSSR count). The average molecular weight is 205 g/mol. The van der Waals surface area contributed by atoms with Crippen molar-refractivity contribution in [3.05, 3.63) is 35.0 Å². The summed E-state index contributed by atoms with van der Waals surface area (Å²) >= 11 is 0. The van der Waals surface area contributed by atoms with Crippen molar-refractivity contribution >= 4 is 26.8 Å². The van der Waals surface area contributed by atoms with E-state index in [4.69, 9.17) is 0 Å². The van der Waals surface area contributed by atoms with Crippen LogP contribution in [0.4, 0.5) is 0 Å². The molecule has 0 radical (unpaired) electrons. The molecule has 0 saturated heterocycles. The van der Waals surface area contributed by atoms with E-state index < -0.39 is 0 Å². The highest BCUT2D eigenvalue weighted by Gasteiger charge is 1.97. The Kier molecular flexibility index (Phi) is 4.03. The SMILES string of the molecule is C/C=C\c1cc(P)ncc1C=C(C)C. The molecule has 0 aliphatic heterocycles. The minimum Gasteiger partial charge on any atom is -0.256 e. The van der Waals surface area contributed by atoms with Gasteiger partial charge in [0.25, 0.3) is 0 Å². The lowest BCUT2D eigenvalue weighted by Gasteiger charge is -2.02. The van der Waals surface area contributed by atoms with Crippen LogP contribution in [0.3, 0.4) is 0 Å². The average Bonchev–Trinajstić information content (AvgIpc) is 2.09. The number of rotatable bonds is 2. The highest BCUT2D eigenvalue weighted by Crippen LogP contribution is 2.13. The Morgan fingerprint density at radius 1 is 1.36 bits per heavy atom. The van der Waals surface area contributed by atoms with E-state index in [2.05, 4.69) is 46.3 Å². The molecule has 1 aromatic rings. The summed E-state index contributed by atoms with van der Waals surface area (Å²) in [6.07, 6.45) is 8.20. The fourth-order valence-corrected chi connectivity index (χ4v) is 1.51. The van der Waals surface area contributed by atoms with Crippen molar-refractivity contribution in [3.8, 4) is 0 Å². The number of hydrogen-bond donors (Lipinski definition) is 0. The Balaban J connectivity index is 3.21. The van der Waals surface area contributed by atoms with Crippen LogP contribution in [0.5, 0.6) is 0 Å². The molecule has 1 unspecified atom stereocenters. The second kappa shape index (κ2) is 5.07. The fraction of sp³-hybridized carbons (Fsp3) is 0.250. The Bertz CT molecular complexity index is 374. The molecule has 0 aliphatic rings. The smallest absolute Gasteiger partial charge is 0.0575 e. The lowest BCUT2D eigenvalue weighted by molar-refractivity contribution is 1.35. The molecular formula is C12H16NP. The van der Waals surface area contributed by atoms with Gasteiger partial charge in [-0.2, -0.15) is 0 Å². The summed E-state index contributed by atoms with van der Waals surface area (Å²) in [5.41, 5.74) is 4.65. The Labute approximate surface area is 88.2 Å². The first kappa shape index (κ1) is 11.1. The minimum absolute atomic E-state index is 0.976. The molecule has 0 aliphatic carbocycles. The van der Waals surface area contributed by atoms with Crippen LogP contribution in [0.15, 0.2) is 23.9 Å². The topological polar surface area (TPSA) is 12.9 Å². The Morgan fingerprint density at radius 3 is 2.64 bits per heavy atom. The van der Waals surface area contributed by atoms with Gasteiger partial charge in [-0.15, -0.1) is 0 Å². The van der Waals surface area contributed by atoms with E-state index in [-0.39, 0.29) is 0 Å². The molecule has 1 heterocycles. The van der Waals surface area contributed by atoms with Gasteiger partial charge in [0.15, 0.2) is 0 Å². The van der Waals surface area contributed by atoms with Crippen LogP contribution in [0.25, 0.3) is 12.2 Å². The van der Waals surface area contributed by atoms with Crippen LogP contribution >= 0.6 is 9.24 Å². The molecule has 1 aromatic heterocycles. The third-order valence-corrected chi connectivity index (χ3v) is 2.10. The van der Waals surface area contributed by atoms with E-state index in [9.17, 15) is 0 Å². The number of nitrogens with zero attached hydrogens (tertiary/aromatic N) is 1. The highest BCUT2D eigenvalue weighted by atomic mass is 31.0. The van der Waals surface area contributed by atoms with E-state index in [1.54, 1.807) is 0 Å². The summed E-state index contributed by atoms with van der Waals surface area (Å²) in [6.45, 7) is 6.21. The van der Waals surface area contributed by atoms with Gasteiger partial charge in [0, 0.05) is 6.20 Å². The summed E-state index contributed by atoms with van der Waals surface area (Å²) in [6, 6.07) is 2.07. The van der Waals surface area contributed by atoms with Crippen molar-refractivity contribution < 1.29 is 0 Å². The largest absolute Gasteiger partial charge is 0.256 e. The summed E-state index contributed by atoms with van der Waals surface area (Å²) in [7, 11) is 2.61. The van der Waals surface area contributed by atoms with Crippen molar-refractivity contribution in [2.75, 3.05) is 0 Å². The molecule has 0 fully saturated rings. The van der Waals surface area contributed by atoms with E-state index >= 15 is 0 Å². The first-order valence-electron chi connectivity index (χ1n) is 4.66. The maximum Gasteiger partial charge on any atom is 0.0575 e. The molecule has 0 aromatic carbocycles. The monoisotopic (exact) mass is 205 g/mol. The molecule has 74 valence electrons. The molecule has 0 N–H and O–H groups in total. The molecule has 0 bridgehead atoms. The molecule has 1 nitrogen and oxygen atoms in total. The molecule has 14 heavy (non-hydrogen) atoms. The van der Waals surface area contributed by atoms with Crippen LogP contribution in [-0.2, 0) is 0 Å². The molecule has 0 amide bonds. The van der Waals surface area contributed by atoms with Crippen LogP contribution in [0.2, 0.25) is 0 Å². The van der Waals surface area contributed by atoms with Crippen molar-refractivity contribution in [2.24, 2.45) is 0 Å². The van der Waals surface area contributed by atoms with Gasteiger partial charge in [-0.3, -0.25) is 4.98 Å². The van der Waals surface area contributed by atoms with Crippen molar-refractivity contribution in [2.45, 2.75) is 20.8 Å². The normalized spacial score (nSPS) is 10.6. The minimum atomic E-state index is 0.976. The summed E-state index contributed by atoms with van der Waals surface area (Å²) < 4.78 is 0. The van der Waals surface area contributed by atoms with E-state index in [0.717, 1.165) is 5.44 Å². The van der Waals surface area contributed by atoms with E-state index in [0.29, 0.717) is 0 Å². The van der Waals surface area contributed by atoms with Crippen LogP contribution < -0.4 is 5.44 Å². The van der Waals surface area contributed by atoms with Crippen molar-refractivity contribution in [1.29, 1.82) is 0 Å². The second-order valence-corrected chi connectivity index (χ2v) is 4.05. The van der Waals surface area contributed by atoms with Gasteiger partial charge in [-0.05, 0) is 38.0 Å². The van der Waals surface area contributed by atoms with Gasteiger partial charge in [0.1, 0.15) is 0 Å². The van der Waals surface area contributed by atoms with Gasteiger partial charge >= 0.3 is 0 Å². The third kappa shape index (κ3) is 3.08. The van der Waals surface area contributed by atoms with Crippen LogP contribution in [0.1, 0.15) is 31.9 Å². The maximum atomic E-state index is 4.26.